The first-order chi connectivity index (χ1) is 16.4. The van der Waals surface area contributed by atoms with Gasteiger partial charge in [0.25, 0.3) is 11.8 Å². The first-order valence-corrected chi connectivity index (χ1v) is 11.1. The Balaban J connectivity index is 1.53. The Hall–Kier alpha value is -4.14. The number of nitrogen functional groups attached to an aromatic ring is 1. The number of ketones is 1. The Morgan fingerprint density at radius 1 is 1.18 bits per heavy atom. The van der Waals surface area contributed by atoms with Crippen molar-refractivity contribution in [1.82, 2.24) is 15.1 Å². The molecule has 9 heteroatoms. The molecule has 1 aromatic heterocycles. The van der Waals surface area contributed by atoms with E-state index < -0.39 is 5.91 Å². The third kappa shape index (κ3) is 4.63. The van der Waals surface area contributed by atoms with Gasteiger partial charge in [-0.1, -0.05) is 36.4 Å². The number of para-hydroxylation sites is 1. The molecule has 4 rings (SSSR count). The molecule has 5 N–H and O–H groups in total. The molecule has 0 spiro atoms. The normalized spacial score (nSPS) is 15.7. The lowest BCUT2D eigenvalue weighted by Gasteiger charge is -2.22. The molecule has 3 aromatic rings. The second-order valence-corrected chi connectivity index (χ2v) is 8.29. The summed E-state index contributed by atoms with van der Waals surface area (Å²) in [4.78, 5) is 36.6. The molecule has 1 saturated carbocycles. The predicted octanol–water partition coefficient (Wildman–Crippen LogP) is 2.85. The lowest BCUT2D eigenvalue weighted by molar-refractivity contribution is -0.121. The van der Waals surface area contributed by atoms with E-state index in [0.717, 1.165) is 18.4 Å². The highest BCUT2D eigenvalue weighted by Crippen LogP contribution is 2.33. The van der Waals surface area contributed by atoms with E-state index in [1.54, 1.807) is 41.1 Å². The maximum atomic E-state index is 12.5. The second kappa shape index (κ2) is 9.78. The molecule has 2 aromatic carbocycles. The Morgan fingerprint density at radius 3 is 2.59 bits per heavy atom. The molecule has 1 fully saturated rings. The van der Waals surface area contributed by atoms with Gasteiger partial charge in [0.05, 0.1) is 18.7 Å². The van der Waals surface area contributed by atoms with Gasteiger partial charge in [-0.25, -0.2) is 4.68 Å². The van der Waals surface area contributed by atoms with Gasteiger partial charge in [0.2, 0.25) is 0 Å². The topological polar surface area (TPSA) is 142 Å². The lowest BCUT2D eigenvalue weighted by atomic mass is 9.94. The highest BCUT2D eigenvalue weighted by Gasteiger charge is 2.28. The molecule has 1 aliphatic carbocycles. The molecule has 1 heterocycles. The molecule has 9 nitrogen and oxygen atoms in total. The van der Waals surface area contributed by atoms with Gasteiger partial charge in [0, 0.05) is 24.9 Å². The molecular weight excluding hydrogens is 434 g/mol. The Morgan fingerprint density at radius 2 is 1.91 bits per heavy atom. The van der Waals surface area contributed by atoms with Gasteiger partial charge in [0.15, 0.2) is 0 Å². The number of benzene rings is 2. The minimum atomic E-state index is -0.672. The maximum absolute atomic E-state index is 12.5. The summed E-state index contributed by atoms with van der Waals surface area (Å²) in [6, 6.07) is 14.1. The number of carbonyl (C=O) groups is 3. The van der Waals surface area contributed by atoms with Crippen molar-refractivity contribution < 1.29 is 19.1 Å². The summed E-state index contributed by atoms with van der Waals surface area (Å²) in [5.41, 5.74) is 14.4. The van der Waals surface area contributed by atoms with E-state index in [9.17, 15) is 14.4 Å². The van der Waals surface area contributed by atoms with Crippen LogP contribution in [0.5, 0.6) is 5.75 Å². The number of aromatic nitrogens is 2. The Kier molecular flexibility index (Phi) is 6.62. The van der Waals surface area contributed by atoms with E-state index in [1.165, 1.54) is 7.11 Å². The molecular formula is C25H27N5O4. The highest BCUT2D eigenvalue weighted by atomic mass is 16.5. The largest absolute Gasteiger partial charge is 0.496 e. The van der Waals surface area contributed by atoms with E-state index in [-0.39, 0.29) is 29.1 Å². The van der Waals surface area contributed by atoms with Crippen LogP contribution in [0.15, 0.2) is 48.5 Å². The second-order valence-electron chi connectivity index (χ2n) is 8.29. The molecule has 0 aliphatic heterocycles. The zero-order valence-corrected chi connectivity index (χ0v) is 18.9. The van der Waals surface area contributed by atoms with Crippen LogP contribution in [0, 0.1) is 0 Å². The molecule has 1 aliphatic rings. The average molecular weight is 462 g/mol. The summed E-state index contributed by atoms with van der Waals surface area (Å²) < 4.78 is 6.80. The van der Waals surface area contributed by atoms with E-state index in [0.29, 0.717) is 42.0 Å². The van der Waals surface area contributed by atoms with Crippen LogP contribution in [0.25, 0.3) is 11.3 Å². The first-order valence-electron chi connectivity index (χ1n) is 11.1. The number of ether oxygens (including phenoxy) is 1. The first kappa shape index (κ1) is 23.0. The monoisotopic (exact) mass is 461 g/mol. The van der Waals surface area contributed by atoms with Crippen LogP contribution in [0.4, 0.5) is 5.82 Å². The van der Waals surface area contributed by atoms with Crippen molar-refractivity contribution in [3.05, 3.63) is 65.2 Å². The van der Waals surface area contributed by atoms with Crippen molar-refractivity contribution in [1.29, 1.82) is 0 Å². The van der Waals surface area contributed by atoms with Crippen LogP contribution in [0.2, 0.25) is 0 Å². The fourth-order valence-corrected chi connectivity index (χ4v) is 4.27. The number of rotatable bonds is 7. The molecule has 1 unspecified atom stereocenters. The van der Waals surface area contributed by atoms with Crippen molar-refractivity contribution in [3.63, 3.8) is 0 Å². The van der Waals surface area contributed by atoms with Gasteiger partial charge in [-0.05, 0) is 30.5 Å². The van der Waals surface area contributed by atoms with Crippen molar-refractivity contribution in [2.24, 2.45) is 5.73 Å². The third-order valence-corrected chi connectivity index (χ3v) is 6.03. The highest BCUT2D eigenvalue weighted by molar-refractivity contribution is 6.03. The van der Waals surface area contributed by atoms with Crippen LogP contribution in [-0.2, 0) is 11.3 Å². The van der Waals surface area contributed by atoms with Gasteiger partial charge in [-0.3, -0.25) is 14.4 Å². The number of carbonyl (C=O) groups excluding carboxylic acids is 3. The van der Waals surface area contributed by atoms with E-state index in [2.05, 4.69) is 10.4 Å². The smallest absolute Gasteiger partial charge is 0.255 e. The van der Waals surface area contributed by atoms with Gasteiger partial charge in [-0.2, -0.15) is 5.10 Å². The molecule has 0 bridgehead atoms. The van der Waals surface area contributed by atoms with Crippen molar-refractivity contribution >= 4 is 23.4 Å². The number of primary amides is 1. The SMILES string of the molecule is COc1ccccc1C(=O)NCc1ccc(-c2nn(C3CCCC(=O)C3)c(N)c2C(N)=O)cc1. The molecule has 176 valence electrons. The number of methoxy groups -OCH3 is 1. The van der Waals surface area contributed by atoms with E-state index in [1.807, 2.05) is 12.1 Å². The number of hydrogen-bond donors (Lipinski definition) is 3. The van der Waals surface area contributed by atoms with Crippen LogP contribution in [0.3, 0.4) is 0 Å². The average Bonchev–Trinajstić information content (AvgIpc) is 3.20. The summed E-state index contributed by atoms with van der Waals surface area (Å²) in [6.07, 6.45) is 2.43. The Labute approximate surface area is 197 Å². The van der Waals surface area contributed by atoms with E-state index >= 15 is 0 Å². The number of anilines is 1. The summed E-state index contributed by atoms with van der Waals surface area (Å²) >= 11 is 0. The minimum absolute atomic E-state index is 0.148. The van der Waals surface area contributed by atoms with Gasteiger partial charge >= 0.3 is 0 Å². The van der Waals surface area contributed by atoms with Crippen LogP contribution >= 0.6 is 0 Å². The molecule has 0 radical (unpaired) electrons. The molecule has 1 atom stereocenters. The number of nitrogens with two attached hydrogens (primary N) is 2. The number of nitrogens with zero attached hydrogens (tertiary/aromatic N) is 2. The van der Waals surface area contributed by atoms with Crippen LogP contribution in [0.1, 0.15) is 58.0 Å². The van der Waals surface area contributed by atoms with Crippen molar-refractivity contribution in [2.45, 2.75) is 38.3 Å². The quantitative estimate of drug-likeness (QED) is 0.494. The predicted molar refractivity (Wildman–Crippen MR) is 127 cm³/mol. The van der Waals surface area contributed by atoms with Crippen LogP contribution in [-0.4, -0.2) is 34.5 Å². The van der Waals surface area contributed by atoms with Crippen molar-refractivity contribution in [2.75, 3.05) is 12.8 Å². The number of amides is 2. The summed E-state index contributed by atoms with van der Waals surface area (Å²) in [5.74, 6) is -0.0783. The van der Waals surface area contributed by atoms with Gasteiger partial charge in [-0.15, -0.1) is 0 Å². The molecule has 0 saturated heterocycles. The Bertz CT molecular complexity index is 1230. The third-order valence-electron chi connectivity index (χ3n) is 6.03. The fraction of sp³-hybridized carbons (Fsp3) is 0.280. The van der Waals surface area contributed by atoms with Crippen LogP contribution < -0.4 is 21.5 Å². The minimum Gasteiger partial charge on any atom is -0.496 e. The van der Waals surface area contributed by atoms with E-state index in [4.69, 9.17) is 16.2 Å². The number of hydrogen-bond acceptors (Lipinski definition) is 6. The summed E-state index contributed by atoms with van der Waals surface area (Å²) in [7, 11) is 1.52. The maximum Gasteiger partial charge on any atom is 0.255 e. The summed E-state index contributed by atoms with van der Waals surface area (Å²) in [5, 5.41) is 7.45. The number of nitrogens with one attached hydrogen (secondary N) is 1. The standard InChI is InChI=1S/C25H27N5O4/c1-34-20-8-3-2-7-19(20)25(33)28-14-15-9-11-16(12-10-15)22-21(24(27)32)23(26)30(29-22)17-5-4-6-18(31)13-17/h2-3,7-12,17H,4-6,13-14,26H2,1H3,(H2,27,32)(H,28,33). The van der Waals surface area contributed by atoms with Gasteiger partial charge in [0.1, 0.15) is 28.6 Å². The lowest BCUT2D eigenvalue weighted by Crippen LogP contribution is -2.23. The fourth-order valence-electron chi connectivity index (χ4n) is 4.27. The molecule has 2 amide bonds. The molecule has 34 heavy (non-hydrogen) atoms. The number of Topliss-reactive ketones (excluding diaryl/α,β-unsaturated/α-hetero) is 1. The van der Waals surface area contributed by atoms with Gasteiger partial charge < -0.3 is 21.5 Å². The van der Waals surface area contributed by atoms with Crippen molar-refractivity contribution in [3.8, 4) is 17.0 Å². The zero-order chi connectivity index (χ0) is 24.2. The zero-order valence-electron chi connectivity index (χ0n) is 18.9. The summed E-state index contributed by atoms with van der Waals surface area (Å²) in [6.45, 7) is 0.306.